The lowest BCUT2D eigenvalue weighted by atomic mass is 9.82. The first kappa shape index (κ1) is 24.0. The molecule has 3 N–H and O–H groups in total. The molecule has 8 nitrogen and oxygen atoms in total. The molecular formula is C25H21FN4O4S. The number of amides is 2. The lowest BCUT2D eigenvalue weighted by molar-refractivity contribution is -0.142. The predicted octanol–water partition coefficient (Wildman–Crippen LogP) is 3.28. The highest BCUT2D eigenvalue weighted by Gasteiger charge is 2.49. The molecule has 0 unspecified atom stereocenters. The van der Waals surface area contributed by atoms with Gasteiger partial charge >= 0.3 is 5.97 Å². The molecule has 2 aromatic carbocycles. The molecule has 1 fully saturated rings. The molecule has 0 aromatic heterocycles. The largest absolute Gasteiger partial charge is 0.469 e. The maximum atomic E-state index is 15.0. The highest BCUT2D eigenvalue weighted by Crippen LogP contribution is 2.50. The van der Waals surface area contributed by atoms with E-state index in [9.17, 15) is 24.0 Å². The van der Waals surface area contributed by atoms with Crippen LogP contribution >= 0.6 is 11.8 Å². The van der Waals surface area contributed by atoms with E-state index in [0.29, 0.717) is 5.69 Å². The molecular weight excluding hydrogens is 471 g/mol. The summed E-state index contributed by atoms with van der Waals surface area (Å²) in [6, 6.07) is 14.8. The summed E-state index contributed by atoms with van der Waals surface area (Å²) in [5.41, 5.74) is 7.64. The Morgan fingerprint density at radius 1 is 1.23 bits per heavy atom. The van der Waals surface area contributed by atoms with Crippen LogP contribution in [0.3, 0.4) is 0 Å². The second-order valence-corrected chi connectivity index (χ2v) is 9.16. The van der Waals surface area contributed by atoms with E-state index in [1.807, 2.05) is 25.1 Å². The third-order valence-electron chi connectivity index (χ3n) is 5.75. The molecule has 35 heavy (non-hydrogen) atoms. The number of aryl methyl sites for hydroxylation is 1. The van der Waals surface area contributed by atoms with Crippen molar-refractivity contribution in [1.82, 2.24) is 4.90 Å². The molecule has 2 aliphatic rings. The fourth-order valence-corrected chi connectivity index (χ4v) is 5.33. The van der Waals surface area contributed by atoms with Crippen molar-refractivity contribution in [2.24, 2.45) is 5.73 Å². The molecule has 2 aromatic rings. The minimum atomic E-state index is -1.16. The van der Waals surface area contributed by atoms with Gasteiger partial charge in [-0.25, -0.2) is 4.39 Å². The number of esters is 1. The molecule has 2 heterocycles. The Hall–Kier alpha value is -4.10. The van der Waals surface area contributed by atoms with Crippen molar-refractivity contribution in [2.45, 2.75) is 24.5 Å². The van der Waals surface area contributed by atoms with Gasteiger partial charge in [0.15, 0.2) is 0 Å². The smallest absolute Gasteiger partial charge is 0.307 e. The van der Waals surface area contributed by atoms with Crippen LogP contribution in [-0.4, -0.2) is 35.0 Å². The van der Waals surface area contributed by atoms with Crippen molar-refractivity contribution in [3.8, 4) is 6.07 Å². The summed E-state index contributed by atoms with van der Waals surface area (Å²) in [5.74, 6) is -3.79. The molecule has 2 amide bonds. The first-order chi connectivity index (χ1) is 16.8. The van der Waals surface area contributed by atoms with Crippen LogP contribution in [0.25, 0.3) is 0 Å². The Kier molecular flexibility index (Phi) is 6.62. The molecule has 0 aliphatic carbocycles. The highest BCUT2D eigenvalue weighted by atomic mass is 32.2. The van der Waals surface area contributed by atoms with Gasteiger partial charge in [0.25, 0.3) is 5.91 Å². The van der Waals surface area contributed by atoms with Gasteiger partial charge in [0, 0.05) is 11.3 Å². The van der Waals surface area contributed by atoms with Gasteiger partial charge in [-0.05, 0) is 25.1 Å². The molecule has 0 saturated carbocycles. The lowest BCUT2D eigenvalue weighted by Crippen LogP contribution is -2.39. The molecule has 2 atom stereocenters. The standard InChI is InChI=1S/C25H21FN4O4S/c1-13-7-9-14(10-8-13)29-23(32)21-20(15-5-3-4-6-17(15)26)16(12-27)22(28)30-24(33)18(35-25(21)30)11-19(31)34-2/h3-10,18,20H,11,28H2,1-2H3,(H,29,32)/t18-,20-/m0/s1. The van der Waals surface area contributed by atoms with Crippen molar-refractivity contribution < 1.29 is 23.5 Å². The summed E-state index contributed by atoms with van der Waals surface area (Å²) < 4.78 is 19.6. The van der Waals surface area contributed by atoms with Crippen LogP contribution in [0.15, 0.2) is 70.5 Å². The SMILES string of the molecule is COC(=O)C[C@@H]1SC2=C(C(=O)Nc3ccc(C)cc3)[C@@H](c3ccccc3F)C(C#N)=C(N)N2C1=O. The molecule has 178 valence electrons. The van der Waals surface area contributed by atoms with Crippen molar-refractivity contribution in [3.05, 3.63) is 87.5 Å². The van der Waals surface area contributed by atoms with Crippen LogP contribution in [0.5, 0.6) is 0 Å². The summed E-state index contributed by atoms with van der Waals surface area (Å²) in [6.07, 6.45) is -0.258. The summed E-state index contributed by atoms with van der Waals surface area (Å²) in [6.45, 7) is 1.90. The van der Waals surface area contributed by atoms with Gasteiger partial charge in [0.1, 0.15) is 16.9 Å². The van der Waals surface area contributed by atoms with Crippen molar-refractivity contribution in [2.75, 3.05) is 12.4 Å². The number of carbonyl (C=O) groups is 3. The van der Waals surface area contributed by atoms with E-state index in [-0.39, 0.29) is 34.0 Å². The molecule has 0 spiro atoms. The Labute approximate surface area is 205 Å². The normalized spacial score (nSPS) is 19.4. The van der Waals surface area contributed by atoms with Crippen molar-refractivity contribution in [3.63, 3.8) is 0 Å². The summed E-state index contributed by atoms with van der Waals surface area (Å²) in [7, 11) is 1.20. The number of benzene rings is 2. The molecule has 0 bridgehead atoms. The Balaban J connectivity index is 1.89. The number of thioether (sulfide) groups is 1. The zero-order valence-corrected chi connectivity index (χ0v) is 19.7. The molecule has 10 heteroatoms. The molecule has 2 aliphatic heterocycles. The monoisotopic (exact) mass is 492 g/mol. The first-order valence-electron chi connectivity index (χ1n) is 10.6. The number of nitrogens with one attached hydrogen (secondary N) is 1. The third-order valence-corrected chi connectivity index (χ3v) is 7.03. The average molecular weight is 493 g/mol. The Bertz CT molecular complexity index is 1330. The third kappa shape index (κ3) is 4.38. The molecule has 1 saturated heterocycles. The zero-order valence-electron chi connectivity index (χ0n) is 18.9. The number of rotatable bonds is 5. The number of methoxy groups -OCH3 is 1. The topological polar surface area (TPSA) is 126 Å². The summed E-state index contributed by atoms with van der Waals surface area (Å²) in [4.78, 5) is 39.8. The van der Waals surface area contributed by atoms with Crippen LogP contribution in [0.1, 0.15) is 23.5 Å². The fraction of sp³-hybridized carbons (Fsp3) is 0.200. The van der Waals surface area contributed by atoms with Gasteiger partial charge in [0.2, 0.25) is 5.91 Å². The fourth-order valence-electron chi connectivity index (χ4n) is 4.00. The minimum Gasteiger partial charge on any atom is -0.469 e. The number of allylic oxidation sites excluding steroid dienone is 1. The number of anilines is 1. The Morgan fingerprint density at radius 2 is 1.91 bits per heavy atom. The van der Waals surface area contributed by atoms with Gasteiger partial charge in [-0.3, -0.25) is 19.3 Å². The van der Waals surface area contributed by atoms with E-state index in [1.54, 1.807) is 18.2 Å². The number of nitrogens with zero attached hydrogens (tertiary/aromatic N) is 2. The van der Waals surface area contributed by atoms with Crippen LogP contribution in [0.4, 0.5) is 10.1 Å². The van der Waals surface area contributed by atoms with E-state index in [2.05, 4.69) is 10.1 Å². The van der Waals surface area contributed by atoms with Gasteiger partial charge in [-0.2, -0.15) is 5.26 Å². The number of carbonyl (C=O) groups excluding carboxylic acids is 3. The maximum absolute atomic E-state index is 15.0. The predicted molar refractivity (Wildman–Crippen MR) is 128 cm³/mol. The van der Waals surface area contributed by atoms with E-state index >= 15 is 0 Å². The second-order valence-electron chi connectivity index (χ2n) is 7.96. The van der Waals surface area contributed by atoms with E-state index in [0.717, 1.165) is 22.2 Å². The minimum absolute atomic E-state index is 0.00728. The highest BCUT2D eigenvalue weighted by molar-refractivity contribution is 8.04. The molecule has 4 rings (SSSR count). The second kappa shape index (κ2) is 9.64. The number of fused-ring (bicyclic) bond motifs is 1. The van der Waals surface area contributed by atoms with Crippen LogP contribution < -0.4 is 11.1 Å². The number of hydrogen-bond donors (Lipinski definition) is 2. The van der Waals surface area contributed by atoms with E-state index in [4.69, 9.17) is 5.73 Å². The first-order valence-corrected chi connectivity index (χ1v) is 11.5. The van der Waals surface area contributed by atoms with E-state index < -0.39 is 34.8 Å². The number of nitrogens with two attached hydrogens (primary N) is 1. The number of hydrogen-bond acceptors (Lipinski definition) is 7. The number of nitriles is 1. The zero-order chi connectivity index (χ0) is 25.3. The van der Waals surface area contributed by atoms with Crippen LogP contribution in [0, 0.1) is 24.1 Å². The average Bonchev–Trinajstić information content (AvgIpc) is 3.16. The van der Waals surface area contributed by atoms with Gasteiger partial charge in [0.05, 0.1) is 41.7 Å². The van der Waals surface area contributed by atoms with Crippen LogP contribution in [0.2, 0.25) is 0 Å². The van der Waals surface area contributed by atoms with Gasteiger partial charge in [-0.15, -0.1) is 0 Å². The summed E-state index contributed by atoms with van der Waals surface area (Å²) >= 11 is 0.965. The quantitative estimate of drug-likeness (QED) is 0.614. The van der Waals surface area contributed by atoms with Gasteiger partial charge < -0.3 is 15.8 Å². The number of ether oxygens (including phenoxy) is 1. The summed E-state index contributed by atoms with van der Waals surface area (Å²) in [5, 5.41) is 12.0. The maximum Gasteiger partial charge on any atom is 0.307 e. The van der Waals surface area contributed by atoms with Gasteiger partial charge in [-0.1, -0.05) is 47.7 Å². The van der Waals surface area contributed by atoms with E-state index in [1.165, 1.54) is 25.3 Å². The van der Waals surface area contributed by atoms with Crippen LogP contribution in [-0.2, 0) is 19.1 Å². The lowest BCUT2D eigenvalue weighted by Gasteiger charge is -2.32. The number of halogens is 1. The van der Waals surface area contributed by atoms with Crippen molar-refractivity contribution in [1.29, 1.82) is 5.26 Å². The van der Waals surface area contributed by atoms with Crippen molar-refractivity contribution >= 4 is 35.2 Å². The molecule has 0 radical (unpaired) electrons. The Morgan fingerprint density at radius 3 is 2.54 bits per heavy atom.